The molecule has 1 saturated carbocycles. The van der Waals surface area contributed by atoms with Gasteiger partial charge in [-0.25, -0.2) is 17.2 Å². The molecule has 1 aliphatic heterocycles. The molecule has 2 aromatic carbocycles. The highest BCUT2D eigenvalue weighted by Gasteiger charge is 2.45. The summed E-state index contributed by atoms with van der Waals surface area (Å²) in [6.45, 7) is 0.0171. The highest BCUT2D eigenvalue weighted by atomic mass is 32.2. The van der Waals surface area contributed by atoms with Gasteiger partial charge in [0.05, 0.1) is 22.7 Å². The maximum atomic E-state index is 14.1. The third-order valence-electron chi connectivity index (χ3n) is 7.64. The van der Waals surface area contributed by atoms with Gasteiger partial charge in [-0.15, -0.1) is 0 Å². The number of phenols is 1. The van der Waals surface area contributed by atoms with Crippen molar-refractivity contribution < 1.29 is 27.1 Å². The van der Waals surface area contributed by atoms with Gasteiger partial charge < -0.3 is 10.0 Å². The number of aromatic nitrogens is 1. The lowest BCUT2D eigenvalue weighted by molar-refractivity contribution is -0.125. The Hall–Kier alpha value is -3.88. The van der Waals surface area contributed by atoms with Crippen LogP contribution >= 0.6 is 0 Å². The molecule has 0 unspecified atom stereocenters. The average Bonchev–Trinajstić information content (AvgIpc) is 2.93. The molecular formula is C29H28F2N4O4S. The summed E-state index contributed by atoms with van der Waals surface area (Å²) in [5.41, 5.74) is 1.35. The molecular weight excluding hydrogens is 538 g/mol. The van der Waals surface area contributed by atoms with E-state index in [1.54, 1.807) is 12.1 Å². The minimum absolute atomic E-state index is 0.0121. The van der Waals surface area contributed by atoms with Crippen molar-refractivity contribution >= 4 is 21.6 Å². The number of sulfonamides is 1. The number of hydrogen-bond donors (Lipinski definition) is 1. The number of carbonyl (C=O) groups excluding carboxylic acids is 1. The summed E-state index contributed by atoms with van der Waals surface area (Å²) in [6, 6.07) is 11.5. The van der Waals surface area contributed by atoms with E-state index in [0.29, 0.717) is 23.4 Å². The zero-order valence-electron chi connectivity index (χ0n) is 21.6. The Labute approximate surface area is 231 Å². The SMILES string of the molecule is N#Cc1cc(S(=O)(=O)N2CC[C@@H]2C(=O)N(Cc2ccc(C3CCCCC3)cn2)c2cccc(O)c2)cc(F)c1F. The van der Waals surface area contributed by atoms with E-state index in [1.165, 1.54) is 42.4 Å². The molecule has 0 radical (unpaired) electrons. The highest BCUT2D eigenvalue weighted by Crippen LogP contribution is 2.34. The van der Waals surface area contributed by atoms with Crippen LogP contribution in [0.25, 0.3) is 0 Å². The number of carbonyl (C=O) groups is 1. The number of pyridine rings is 1. The van der Waals surface area contributed by atoms with Crippen molar-refractivity contribution in [2.45, 2.75) is 61.9 Å². The molecule has 0 spiro atoms. The number of hydrogen-bond acceptors (Lipinski definition) is 6. The van der Waals surface area contributed by atoms with Crippen LogP contribution in [0.5, 0.6) is 5.75 Å². The van der Waals surface area contributed by atoms with Crippen LogP contribution in [-0.2, 0) is 21.4 Å². The maximum absolute atomic E-state index is 14.1. The summed E-state index contributed by atoms with van der Waals surface area (Å²) in [5, 5.41) is 19.2. The number of rotatable bonds is 7. The van der Waals surface area contributed by atoms with Gasteiger partial charge in [-0.05, 0) is 61.1 Å². The van der Waals surface area contributed by atoms with Gasteiger partial charge in [0, 0.05) is 24.5 Å². The van der Waals surface area contributed by atoms with Gasteiger partial charge in [0.15, 0.2) is 11.6 Å². The van der Waals surface area contributed by atoms with Crippen molar-refractivity contribution in [1.82, 2.24) is 9.29 Å². The minimum atomic E-state index is -4.42. The summed E-state index contributed by atoms with van der Waals surface area (Å²) >= 11 is 0. The Balaban J connectivity index is 1.42. The molecule has 2 fully saturated rings. The second kappa shape index (κ2) is 11.3. The van der Waals surface area contributed by atoms with Crippen LogP contribution in [0.15, 0.2) is 59.6 Å². The largest absolute Gasteiger partial charge is 0.508 e. The predicted molar refractivity (Wildman–Crippen MR) is 143 cm³/mol. The molecule has 2 aliphatic rings. The maximum Gasteiger partial charge on any atom is 0.245 e. The number of nitriles is 1. The van der Waals surface area contributed by atoms with Gasteiger partial charge in [0.1, 0.15) is 17.9 Å². The fourth-order valence-corrected chi connectivity index (χ4v) is 7.00. The minimum Gasteiger partial charge on any atom is -0.508 e. The predicted octanol–water partition coefficient (Wildman–Crippen LogP) is 4.98. The van der Waals surface area contributed by atoms with Crippen LogP contribution in [0.4, 0.5) is 14.5 Å². The molecule has 40 heavy (non-hydrogen) atoms. The van der Waals surface area contributed by atoms with Crippen LogP contribution < -0.4 is 4.90 Å². The van der Waals surface area contributed by atoms with Crippen LogP contribution in [0.3, 0.4) is 0 Å². The highest BCUT2D eigenvalue weighted by molar-refractivity contribution is 7.89. The molecule has 0 bridgehead atoms. The smallest absolute Gasteiger partial charge is 0.245 e. The lowest BCUT2D eigenvalue weighted by atomic mass is 9.85. The summed E-state index contributed by atoms with van der Waals surface area (Å²) in [5.74, 6) is -3.06. The summed E-state index contributed by atoms with van der Waals surface area (Å²) in [7, 11) is -4.42. The molecule has 1 aliphatic carbocycles. The van der Waals surface area contributed by atoms with Crippen LogP contribution in [-0.4, -0.2) is 41.3 Å². The van der Waals surface area contributed by atoms with E-state index in [9.17, 15) is 27.1 Å². The van der Waals surface area contributed by atoms with Crippen LogP contribution in [0.2, 0.25) is 0 Å². The van der Waals surface area contributed by atoms with E-state index in [2.05, 4.69) is 4.98 Å². The number of benzene rings is 2. The van der Waals surface area contributed by atoms with Crippen molar-refractivity contribution in [3.63, 3.8) is 0 Å². The van der Waals surface area contributed by atoms with E-state index >= 15 is 0 Å². The zero-order valence-corrected chi connectivity index (χ0v) is 22.4. The van der Waals surface area contributed by atoms with E-state index in [1.807, 2.05) is 18.3 Å². The molecule has 3 aromatic rings. The molecule has 2 heterocycles. The second-order valence-corrected chi connectivity index (χ2v) is 12.1. The van der Waals surface area contributed by atoms with E-state index in [-0.39, 0.29) is 25.3 Å². The molecule has 1 saturated heterocycles. The number of anilines is 1. The van der Waals surface area contributed by atoms with Gasteiger partial charge in [-0.1, -0.05) is 31.4 Å². The van der Waals surface area contributed by atoms with Crippen molar-refractivity contribution in [2.24, 2.45) is 0 Å². The van der Waals surface area contributed by atoms with Crippen molar-refractivity contribution in [3.8, 4) is 11.8 Å². The van der Waals surface area contributed by atoms with Crippen molar-refractivity contribution in [1.29, 1.82) is 5.26 Å². The Morgan fingerprint density at radius 1 is 1.10 bits per heavy atom. The molecule has 11 heteroatoms. The van der Waals surface area contributed by atoms with Gasteiger partial charge in [-0.3, -0.25) is 9.78 Å². The van der Waals surface area contributed by atoms with E-state index in [0.717, 1.165) is 28.8 Å². The van der Waals surface area contributed by atoms with Crippen LogP contribution in [0, 0.1) is 23.0 Å². The quantitative estimate of drug-likeness (QED) is 0.431. The van der Waals surface area contributed by atoms with Gasteiger partial charge in [-0.2, -0.15) is 9.57 Å². The first-order chi connectivity index (χ1) is 19.2. The Morgan fingerprint density at radius 2 is 1.88 bits per heavy atom. The van der Waals surface area contributed by atoms with Gasteiger partial charge >= 0.3 is 0 Å². The Bertz CT molecular complexity index is 1570. The third kappa shape index (κ3) is 5.42. The fourth-order valence-electron chi connectivity index (χ4n) is 5.33. The number of phenolic OH excluding ortho intramolecular Hbond substituents is 1. The second-order valence-electron chi connectivity index (χ2n) is 10.2. The standard InChI is InChI=1S/C29H28F2N4O4S/c30-26-15-25(13-21(16-32)28(26)31)40(38,39)35-12-11-27(35)29(37)34(23-7-4-8-24(36)14-23)18-22-10-9-20(17-33-22)19-5-2-1-3-6-19/h4,7-10,13-15,17,19,27,36H,1-3,5-6,11-12,18H2/t27-/m1/s1. The topological polar surface area (TPSA) is 115 Å². The van der Waals surface area contributed by atoms with Crippen molar-refractivity contribution in [2.75, 3.05) is 11.4 Å². The molecule has 208 valence electrons. The molecule has 5 rings (SSSR count). The first-order valence-electron chi connectivity index (χ1n) is 13.2. The number of halogens is 2. The molecule has 1 N–H and O–H groups in total. The Morgan fingerprint density at radius 3 is 2.50 bits per heavy atom. The lowest BCUT2D eigenvalue weighted by Crippen LogP contribution is -2.59. The van der Waals surface area contributed by atoms with Crippen molar-refractivity contribution in [3.05, 3.63) is 83.2 Å². The summed E-state index contributed by atoms with van der Waals surface area (Å²) < 4.78 is 55.5. The zero-order chi connectivity index (χ0) is 28.4. The molecule has 1 atom stereocenters. The van der Waals surface area contributed by atoms with E-state index < -0.39 is 44.1 Å². The molecule has 1 aromatic heterocycles. The molecule has 1 amide bonds. The summed E-state index contributed by atoms with van der Waals surface area (Å²) in [4.78, 5) is 19.2. The first kappa shape index (κ1) is 27.7. The normalized spacial score (nSPS) is 18.1. The van der Waals surface area contributed by atoms with Crippen LogP contribution in [0.1, 0.15) is 61.3 Å². The Kier molecular flexibility index (Phi) is 7.83. The first-order valence-corrected chi connectivity index (χ1v) is 14.6. The number of amides is 1. The molecule has 8 nitrogen and oxygen atoms in total. The van der Waals surface area contributed by atoms with Gasteiger partial charge in [0.25, 0.3) is 0 Å². The third-order valence-corrected chi connectivity index (χ3v) is 9.52. The van der Waals surface area contributed by atoms with E-state index in [4.69, 9.17) is 5.26 Å². The monoisotopic (exact) mass is 566 g/mol. The van der Waals surface area contributed by atoms with Gasteiger partial charge in [0.2, 0.25) is 15.9 Å². The summed E-state index contributed by atoms with van der Waals surface area (Å²) in [6.07, 6.45) is 7.89. The average molecular weight is 567 g/mol. The number of nitrogens with zero attached hydrogens (tertiary/aromatic N) is 4. The fraction of sp³-hybridized carbons (Fsp3) is 0.345. The lowest BCUT2D eigenvalue weighted by Gasteiger charge is -2.41. The number of aromatic hydroxyl groups is 1.